The van der Waals surface area contributed by atoms with Gasteiger partial charge in [-0.2, -0.15) is 0 Å². The van der Waals surface area contributed by atoms with Crippen molar-refractivity contribution in [2.75, 3.05) is 0 Å². The van der Waals surface area contributed by atoms with Crippen LogP contribution >= 0.6 is 11.6 Å². The first kappa shape index (κ1) is 15.8. The predicted octanol–water partition coefficient (Wildman–Crippen LogP) is 5.08. The molecule has 112 valence electrons. The van der Waals surface area contributed by atoms with Gasteiger partial charge in [-0.15, -0.1) is 0 Å². The normalized spacial score (nSPS) is 11.0. The molecule has 0 spiro atoms. The van der Waals surface area contributed by atoms with Crippen LogP contribution < -0.4 is 10.1 Å². The van der Waals surface area contributed by atoms with Crippen LogP contribution in [0.2, 0.25) is 5.02 Å². The lowest BCUT2D eigenvalue weighted by molar-refractivity contribution is 0.479. The lowest BCUT2D eigenvalue weighted by atomic mass is 10.1. The molecule has 0 radical (unpaired) electrons. The fraction of sp³-hybridized carbons (Fsp3) is 0.294. The van der Waals surface area contributed by atoms with E-state index < -0.39 is 5.82 Å². The van der Waals surface area contributed by atoms with Gasteiger partial charge in [-0.05, 0) is 42.3 Å². The van der Waals surface area contributed by atoms with Crippen molar-refractivity contribution in [3.8, 4) is 11.5 Å². The van der Waals surface area contributed by atoms with Gasteiger partial charge in [0.2, 0.25) is 0 Å². The predicted molar refractivity (Wildman–Crippen MR) is 84.6 cm³/mol. The molecule has 2 nitrogen and oxygen atoms in total. The fourth-order valence-electron chi connectivity index (χ4n) is 1.92. The zero-order valence-electron chi connectivity index (χ0n) is 12.4. The third-order valence-corrected chi connectivity index (χ3v) is 3.43. The van der Waals surface area contributed by atoms with Crippen LogP contribution in [0.15, 0.2) is 36.4 Å². The Morgan fingerprint density at radius 1 is 1.14 bits per heavy atom. The van der Waals surface area contributed by atoms with Crippen molar-refractivity contribution in [1.82, 2.24) is 5.32 Å². The van der Waals surface area contributed by atoms with Crippen molar-refractivity contribution < 1.29 is 9.13 Å². The third kappa shape index (κ3) is 4.45. The van der Waals surface area contributed by atoms with Gasteiger partial charge in [0.25, 0.3) is 0 Å². The topological polar surface area (TPSA) is 21.3 Å². The maximum atomic E-state index is 13.1. The minimum absolute atomic E-state index is 0.0574. The average Bonchev–Trinajstić information content (AvgIpc) is 2.42. The molecule has 0 atom stereocenters. The molecule has 1 N–H and O–H groups in total. The summed E-state index contributed by atoms with van der Waals surface area (Å²) in [5, 5.41) is 3.44. The molecular weight excluding hydrogens is 289 g/mol. The van der Waals surface area contributed by atoms with E-state index >= 15 is 0 Å². The summed E-state index contributed by atoms with van der Waals surface area (Å²) in [7, 11) is 0. The molecular formula is C17H19ClFNO. The molecule has 2 rings (SSSR count). The second-order valence-electron chi connectivity index (χ2n) is 5.30. The Balaban J connectivity index is 2.10. The molecule has 0 aliphatic rings. The lowest BCUT2D eigenvalue weighted by Gasteiger charge is -2.12. The van der Waals surface area contributed by atoms with E-state index in [1.807, 2.05) is 25.1 Å². The number of hydrogen-bond donors (Lipinski definition) is 1. The van der Waals surface area contributed by atoms with Crippen LogP contribution in [-0.4, -0.2) is 6.04 Å². The summed E-state index contributed by atoms with van der Waals surface area (Å²) in [5.74, 6) is 0.785. The first-order chi connectivity index (χ1) is 9.95. The van der Waals surface area contributed by atoms with Crippen LogP contribution in [0.1, 0.15) is 25.0 Å². The molecule has 2 aromatic rings. The lowest BCUT2D eigenvalue weighted by Crippen LogP contribution is -2.22. The quantitative estimate of drug-likeness (QED) is 0.832. The van der Waals surface area contributed by atoms with E-state index in [4.69, 9.17) is 16.3 Å². The van der Waals surface area contributed by atoms with Gasteiger partial charge in [-0.1, -0.05) is 31.5 Å². The highest BCUT2D eigenvalue weighted by Gasteiger charge is 2.05. The Hall–Kier alpha value is -1.58. The summed E-state index contributed by atoms with van der Waals surface area (Å²) in [5.41, 5.74) is 2.38. The van der Waals surface area contributed by atoms with Crippen molar-refractivity contribution in [3.63, 3.8) is 0 Å². The minimum atomic E-state index is -0.449. The zero-order chi connectivity index (χ0) is 15.4. The molecule has 0 aliphatic heterocycles. The highest BCUT2D eigenvalue weighted by Crippen LogP contribution is 2.27. The van der Waals surface area contributed by atoms with E-state index in [9.17, 15) is 4.39 Å². The maximum absolute atomic E-state index is 13.1. The summed E-state index contributed by atoms with van der Waals surface area (Å²) in [6.07, 6.45) is 0. The van der Waals surface area contributed by atoms with Gasteiger partial charge in [-0.25, -0.2) is 4.39 Å². The van der Waals surface area contributed by atoms with Gasteiger partial charge in [0.05, 0.1) is 5.02 Å². The second kappa shape index (κ2) is 6.92. The van der Waals surface area contributed by atoms with E-state index in [-0.39, 0.29) is 5.02 Å². The molecule has 0 amide bonds. The average molecular weight is 308 g/mol. The van der Waals surface area contributed by atoms with Gasteiger partial charge in [0.1, 0.15) is 17.3 Å². The Kier molecular flexibility index (Phi) is 5.21. The Morgan fingerprint density at radius 3 is 2.43 bits per heavy atom. The largest absolute Gasteiger partial charge is 0.457 e. The summed E-state index contributed by atoms with van der Waals surface area (Å²) >= 11 is 5.74. The number of ether oxygens (including phenoxy) is 1. The van der Waals surface area contributed by atoms with Crippen LogP contribution in [0.4, 0.5) is 4.39 Å². The highest BCUT2D eigenvalue weighted by molar-refractivity contribution is 6.30. The number of benzene rings is 2. The molecule has 0 fully saturated rings. The number of halogens is 2. The van der Waals surface area contributed by atoms with Crippen LogP contribution in [0.25, 0.3) is 0 Å². The van der Waals surface area contributed by atoms with Gasteiger partial charge < -0.3 is 10.1 Å². The number of nitrogens with one attached hydrogen (secondary N) is 1. The standard InChI is InChI=1S/C17H19ClFNO/c1-11(2)20-10-13-4-5-14(8-12(13)3)21-15-6-7-17(19)16(18)9-15/h4-9,11,20H,10H2,1-3H3. The molecule has 2 aromatic carbocycles. The molecule has 4 heteroatoms. The highest BCUT2D eigenvalue weighted by atomic mass is 35.5. The number of rotatable bonds is 5. The van der Waals surface area contributed by atoms with E-state index in [0.29, 0.717) is 17.5 Å². The first-order valence-electron chi connectivity index (χ1n) is 6.91. The van der Waals surface area contributed by atoms with E-state index in [1.54, 1.807) is 6.07 Å². The van der Waals surface area contributed by atoms with Gasteiger partial charge in [0, 0.05) is 18.7 Å². The maximum Gasteiger partial charge on any atom is 0.142 e. The fourth-order valence-corrected chi connectivity index (χ4v) is 2.09. The van der Waals surface area contributed by atoms with E-state index in [2.05, 4.69) is 19.2 Å². The Bertz CT molecular complexity index is 628. The molecule has 0 bridgehead atoms. The summed E-state index contributed by atoms with van der Waals surface area (Å²) in [4.78, 5) is 0. The van der Waals surface area contributed by atoms with E-state index in [1.165, 1.54) is 17.7 Å². The van der Waals surface area contributed by atoms with Crippen molar-refractivity contribution in [3.05, 3.63) is 58.4 Å². The smallest absolute Gasteiger partial charge is 0.142 e. The Labute approximate surface area is 129 Å². The van der Waals surface area contributed by atoms with Gasteiger partial charge in [-0.3, -0.25) is 0 Å². The molecule has 0 saturated heterocycles. The zero-order valence-corrected chi connectivity index (χ0v) is 13.2. The SMILES string of the molecule is Cc1cc(Oc2ccc(F)c(Cl)c2)ccc1CNC(C)C. The molecule has 0 heterocycles. The summed E-state index contributed by atoms with van der Waals surface area (Å²) in [6.45, 7) is 7.10. The van der Waals surface area contributed by atoms with Crippen LogP contribution in [0.5, 0.6) is 11.5 Å². The second-order valence-corrected chi connectivity index (χ2v) is 5.71. The van der Waals surface area contributed by atoms with Crippen LogP contribution in [0.3, 0.4) is 0 Å². The monoisotopic (exact) mass is 307 g/mol. The summed E-state index contributed by atoms with van der Waals surface area (Å²) in [6, 6.07) is 10.7. The molecule has 0 saturated carbocycles. The van der Waals surface area contributed by atoms with Crippen LogP contribution in [-0.2, 0) is 6.54 Å². The van der Waals surface area contributed by atoms with Crippen molar-refractivity contribution in [2.45, 2.75) is 33.4 Å². The first-order valence-corrected chi connectivity index (χ1v) is 7.29. The van der Waals surface area contributed by atoms with Gasteiger partial charge in [0.15, 0.2) is 0 Å². The Morgan fingerprint density at radius 2 is 1.81 bits per heavy atom. The molecule has 0 aliphatic carbocycles. The molecule has 0 aromatic heterocycles. The molecule has 21 heavy (non-hydrogen) atoms. The van der Waals surface area contributed by atoms with Crippen molar-refractivity contribution >= 4 is 11.6 Å². The minimum Gasteiger partial charge on any atom is -0.457 e. The van der Waals surface area contributed by atoms with Gasteiger partial charge >= 0.3 is 0 Å². The van der Waals surface area contributed by atoms with Crippen molar-refractivity contribution in [2.24, 2.45) is 0 Å². The van der Waals surface area contributed by atoms with Crippen LogP contribution in [0, 0.1) is 12.7 Å². The third-order valence-electron chi connectivity index (χ3n) is 3.14. The van der Waals surface area contributed by atoms with Crippen molar-refractivity contribution in [1.29, 1.82) is 0 Å². The number of aryl methyl sites for hydroxylation is 1. The number of hydrogen-bond acceptors (Lipinski definition) is 2. The summed E-state index contributed by atoms with van der Waals surface area (Å²) < 4.78 is 18.8. The van der Waals surface area contributed by atoms with E-state index in [0.717, 1.165) is 12.1 Å². The molecule has 0 unspecified atom stereocenters.